The van der Waals surface area contributed by atoms with Gasteiger partial charge in [0.15, 0.2) is 17.4 Å². The highest BCUT2D eigenvalue weighted by molar-refractivity contribution is 6.29. The van der Waals surface area contributed by atoms with Crippen LogP contribution in [0.15, 0.2) is 54.6 Å². The molecule has 0 radical (unpaired) electrons. The van der Waals surface area contributed by atoms with Gasteiger partial charge in [-0.25, -0.2) is 13.2 Å². The van der Waals surface area contributed by atoms with Crippen LogP contribution in [0.4, 0.5) is 13.2 Å². The fraction of sp³-hybridized carbons (Fsp3) is 0. The van der Waals surface area contributed by atoms with E-state index in [1.165, 1.54) is 18.2 Å². The Kier molecular flexibility index (Phi) is 3.61. The summed E-state index contributed by atoms with van der Waals surface area (Å²) >= 11 is 0. The summed E-state index contributed by atoms with van der Waals surface area (Å²) < 4.78 is 47.5. The molecule has 0 unspecified atom stereocenters. The van der Waals surface area contributed by atoms with Crippen LogP contribution in [-0.2, 0) is 0 Å². The van der Waals surface area contributed by atoms with Gasteiger partial charge in [-0.3, -0.25) is 9.59 Å². The standard InChI is InChI=1S/C20H9F3O3/c21-12-9-13(22)18(23)17-16(12)19(24)11-7-4-8-14(15(11)20(17)25)26-10-5-2-1-3-6-10/h1-9H. The Morgan fingerprint density at radius 2 is 1.42 bits per heavy atom. The Morgan fingerprint density at radius 1 is 0.692 bits per heavy atom. The highest BCUT2D eigenvalue weighted by Crippen LogP contribution is 2.37. The molecule has 3 nitrogen and oxygen atoms in total. The third-order valence-corrected chi connectivity index (χ3v) is 4.09. The van der Waals surface area contributed by atoms with Gasteiger partial charge in [0.2, 0.25) is 5.78 Å². The molecular formula is C20H9F3O3. The number of para-hydroxylation sites is 1. The second-order valence-electron chi connectivity index (χ2n) is 5.66. The van der Waals surface area contributed by atoms with E-state index in [2.05, 4.69) is 0 Å². The largest absolute Gasteiger partial charge is 0.457 e. The molecule has 0 atom stereocenters. The van der Waals surface area contributed by atoms with Crippen molar-refractivity contribution in [3.63, 3.8) is 0 Å². The molecule has 0 N–H and O–H groups in total. The molecule has 128 valence electrons. The predicted octanol–water partition coefficient (Wildman–Crippen LogP) is 4.67. The van der Waals surface area contributed by atoms with E-state index >= 15 is 0 Å². The molecule has 3 aromatic rings. The molecule has 1 aliphatic rings. The third kappa shape index (κ3) is 2.30. The molecule has 0 fully saturated rings. The fourth-order valence-electron chi connectivity index (χ4n) is 2.95. The van der Waals surface area contributed by atoms with Gasteiger partial charge in [0.1, 0.15) is 17.3 Å². The average Bonchev–Trinajstić information content (AvgIpc) is 2.63. The van der Waals surface area contributed by atoms with Gasteiger partial charge in [-0.1, -0.05) is 30.3 Å². The summed E-state index contributed by atoms with van der Waals surface area (Å²) in [4.78, 5) is 25.4. The maximum Gasteiger partial charge on any atom is 0.201 e. The average molecular weight is 354 g/mol. The summed E-state index contributed by atoms with van der Waals surface area (Å²) in [6.07, 6.45) is 0. The molecule has 4 rings (SSSR count). The molecule has 26 heavy (non-hydrogen) atoms. The van der Waals surface area contributed by atoms with E-state index in [9.17, 15) is 22.8 Å². The normalized spacial score (nSPS) is 12.6. The monoisotopic (exact) mass is 354 g/mol. The van der Waals surface area contributed by atoms with Crippen molar-refractivity contribution in [1.82, 2.24) is 0 Å². The summed E-state index contributed by atoms with van der Waals surface area (Å²) in [7, 11) is 0. The number of ketones is 2. The molecule has 0 aliphatic heterocycles. The van der Waals surface area contributed by atoms with Gasteiger partial charge in [-0.15, -0.1) is 0 Å². The molecule has 0 amide bonds. The van der Waals surface area contributed by atoms with Crippen molar-refractivity contribution in [2.75, 3.05) is 0 Å². The highest BCUT2D eigenvalue weighted by atomic mass is 19.2. The number of carbonyl (C=O) groups excluding carboxylic acids is 2. The van der Waals surface area contributed by atoms with E-state index in [0.29, 0.717) is 5.75 Å². The number of hydrogen-bond acceptors (Lipinski definition) is 3. The van der Waals surface area contributed by atoms with Gasteiger partial charge >= 0.3 is 0 Å². The lowest BCUT2D eigenvalue weighted by molar-refractivity contribution is 0.0969. The maximum absolute atomic E-state index is 14.2. The highest BCUT2D eigenvalue weighted by Gasteiger charge is 2.38. The quantitative estimate of drug-likeness (QED) is 0.491. The van der Waals surface area contributed by atoms with E-state index in [-0.39, 0.29) is 22.9 Å². The Hall–Kier alpha value is -3.41. The zero-order chi connectivity index (χ0) is 18.4. The Bertz CT molecular complexity index is 1080. The second kappa shape index (κ2) is 5.84. The van der Waals surface area contributed by atoms with Crippen molar-refractivity contribution in [2.24, 2.45) is 0 Å². The topological polar surface area (TPSA) is 43.4 Å². The van der Waals surface area contributed by atoms with Crippen molar-refractivity contribution in [3.8, 4) is 11.5 Å². The van der Waals surface area contributed by atoms with Crippen molar-refractivity contribution in [3.05, 3.63) is 94.3 Å². The third-order valence-electron chi connectivity index (χ3n) is 4.09. The van der Waals surface area contributed by atoms with Gasteiger partial charge < -0.3 is 4.74 Å². The Labute approximate surface area is 145 Å². The summed E-state index contributed by atoms with van der Waals surface area (Å²) in [5, 5.41) is 0. The molecule has 3 aromatic carbocycles. The SMILES string of the molecule is O=C1c2cccc(Oc3ccccc3)c2C(=O)c2c(F)c(F)cc(F)c21. The van der Waals surface area contributed by atoms with Crippen molar-refractivity contribution in [2.45, 2.75) is 0 Å². The minimum Gasteiger partial charge on any atom is -0.457 e. The lowest BCUT2D eigenvalue weighted by Gasteiger charge is -2.21. The zero-order valence-electron chi connectivity index (χ0n) is 13.1. The van der Waals surface area contributed by atoms with E-state index in [1.54, 1.807) is 30.3 Å². The first-order chi connectivity index (χ1) is 12.5. The van der Waals surface area contributed by atoms with Crippen molar-refractivity contribution < 1.29 is 27.5 Å². The van der Waals surface area contributed by atoms with Crippen LogP contribution in [0.2, 0.25) is 0 Å². The number of rotatable bonds is 2. The molecule has 1 aliphatic carbocycles. The smallest absolute Gasteiger partial charge is 0.201 e. The number of fused-ring (bicyclic) bond motifs is 2. The number of hydrogen-bond donors (Lipinski definition) is 0. The molecule has 0 bridgehead atoms. The number of benzene rings is 3. The molecule has 0 saturated heterocycles. The second-order valence-corrected chi connectivity index (χ2v) is 5.66. The predicted molar refractivity (Wildman–Crippen MR) is 86.1 cm³/mol. The van der Waals surface area contributed by atoms with Crippen LogP contribution in [-0.4, -0.2) is 11.6 Å². The minimum atomic E-state index is -1.56. The number of carbonyl (C=O) groups is 2. The summed E-state index contributed by atoms with van der Waals surface area (Å²) in [6, 6.07) is 12.9. The summed E-state index contributed by atoms with van der Waals surface area (Å²) in [5.74, 6) is -5.88. The van der Waals surface area contributed by atoms with Crippen molar-refractivity contribution >= 4 is 11.6 Å². The lowest BCUT2D eigenvalue weighted by Crippen LogP contribution is -2.25. The first-order valence-corrected chi connectivity index (χ1v) is 7.62. The first kappa shape index (κ1) is 16.1. The summed E-state index contributed by atoms with van der Waals surface area (Å²) in [5.41, 5.74) is -2.03. The van der Waals surface area contributed by atoms with Crippen LogP contribution >= 0.6 is 0 Å². The van der Waals surface area contributed by atoms with Gasteiger partial charge in [-0.05, 0) is 18.2 Å². The van der Waals surface area contributed by atoms with Crippen LogP contribution in [0.1, 0.15) is 31.8 Å². The lowest BCUT2D eigenvalue weighted by atomic mass is 9.83. The molecular weight excluding hydrogens is 345 g/mol. The molecule has 0 heterocycles. The van der Waals surface area contributed by atoms with E-state index < -0.39 is 40.1 Å². The number of ether oxygens (including phenoxy) is 1. The molecule has 0 spiro atoms. The molecule has 0 aromatic heterocycles. The van der Waals surface area contributed by atoms with Gasteiger partial charge in [-0.2, -0.15) is 0 Å². The van der Waals surface area contributed by atoms with Gasteiger partial charge in [0.05, 0.1) is 16.7 Å². The van der Waals surface area contributed by atoms with Crippen LogP contribution in [0, 0.1) is 17.5 Å². The van der Waals surface area contributed by atoms with Crippen LogP contribution in [0.3, 0.4) is 0 Å². The first-order valence-electron chi connectivity index (χ1n) is 7.62. The zero-order valence-corrected chi connectivity index (χ0v) is 13.1. The number of halogens is 3. The van der Waals surface area contributed by atoms with Crippen molar-refractivity contribution in [1.29, 1.82) is 0 Å². The van der Waals surface area contributed by atoms with Crippen LogP contribution < -0.4 is 4.74 Å². The fourth-order valence-corrected chi connectivity index (χ4v) is 2.95. The van der Waals surface area contributed by atoms with E-state index in [0.717, 1.165) is 0 Å². The molecule has 6 heteroatoms. The minimum absolute atomic E-state index is 0.00164. The Balaban J connectivity index is 1.93. The molecule has 0 saturated carbocycles. The van der Waals surface area contributed by atoms with Gasteiger partial charge in [0, 0.05) is 11.6 Å². The van der Waals surface area contributed by atoms with Crippen LogP contribution in [0.25, 0.3) is 0 Å². The van der Waals surface area contributed by atoms with E-state index in [1.807, 2.05) is 0 Å². The summed E-state index contributed by atoms with van der Waals surface area (Å²) in [6.45, 7) is 0. The van der Waals surface area contributed by atoms with E-state index in [4.69, 9.17) is 4.74 Å². The van der Waals surface area contributed by atoms with Gasteiger partial charge in [0.25, 0.3) is 0 Å². The van der Waals surface area contributed by atoms with Crippen LogP contribution in [0.5, 0.6) is 11.5 Å². The Morgan fingerprint density at radius 3 is 2.15 bits per heavy atom. The maximum atomic E-state index is 14.2.